The third-order valence-electron chi connectivity index (χ3n) is 5.33. The first-order chi connectivity index (χ1) is 13.9. The molecule has 29 heavy (non-hydrogen) atoms. The lowest BCUT2D eigenvalue weighted by Gasteiger charge is -2.14. The smallest absolute Gasteiger partial charge is 0.232 e. The lowest BCUT2D eigenvalue weighted by atomic mass is 10.1. The van der Waals surface area contributed by atoms with Crippen molar-refractivity contribution in [3.05, 3.63) is 60.0 Å². The Kier molecular flexibility index (Phi) is 5.61. The Labute approximate surface area is 171 Å². The monoisotopic (exact) mass is 415 g/mol. The molecule has 0 atom stereocenters. The van der Waals surface area contributed by atoms with Gasteiger partial charge in [-0.15, -0.1) is 0 Å². The number of benzene rings is 2. The number of fused-ring (bicyclic) bond motifs is 1. The molecule has 0 aliphatic carbocycles. The average Bonchev–Trinajstić information content (AvgIpc) is 3.31. The Morgan fingerprint density at radius 2 is 1.79 bits per heavy atom. The van der Waals surface area contributed by atoms with E-state index in [4.69, 9.17) is 0 Å². The van der Waals surface area contributed by atoms with E-state index in [2.05, 4.69) is 15.8 Å². The Balaban J connectivity index is 1.77. The minimum absolute atomic E-state index is 0.0995. The molecule has 2 aromatic carbocycles. The van der Waals surface area contributed by atoms with Crippen LogP contribution in [0.1, 0.15) is 31.7 Å². The summed E-state index contributed by atoms with van der Waals surface area (Å²) < 4.78 is 42.5. The molecule has 0 saturated carbocycles. The summed E-state index contributed by atoms with van der Waals surface area (Å²) in [5.74, 6) is -0.169. The van der Waals surface area contributed by atoms with Gasteiger partial charge in [0.15, 0.2) is 0 Å². The van der Waals surface area contributed by atoms with Crippen molar-refractivity contribution in [2.45, 2.75) is 32.7 Å². The van der Waals surface area contributed by atoms with Crippen molar-refractivity contribution in [2.24, 2.45) is 0 Å². The maximum atomic E-state index is 13.4. The molecule has 1 aliphatic heterocycles. The molecule has 3 aromatic rings. The van der Waals surface area contributed by atoms with Crippen molar-refractivity contribution in [2.75, 3.05) is 23.6 Å². The number of halogens is 1. The highest BCUT2D eigenvalue weighted by molar-refractivity contribution is 7.92. The normalized spacial score (nSPS) is 15.2. The molecular weight excluding hydrogens is 389 g/mol. The fraction of sp³-hybridized carbons (Fsp3) is 0.364. The van der Waals surface area contributed by atoms with Crippen LogP contribution in [0.15, 0.2) is 48.7 Å². The van der Waals surface area contributed by atoms with Crippen LogP contribution in [0.5, 0.6) is 0 Å². The number of sulfonamides is 1. The molecule has 1 fully saturated rings. The minimum atomic E-state index is -3.35. The van der Waals surface area contributed by atoms with Crippen LogP contribution in [0, 0.1) is 5.82 Å². The summed E-state index contributed by atoms with van der Waals surface area (Å²) in [6, 6.07) is 12.0. The molecule has 0 bridgehead atoms. The number of hydrogen-bond acceptors (Lipinski definition) is 3. The molecule has 0 amide bonds. The number of hydrogen-bond donors (Lipinski definition) is 1. The predicted octanol–water partition coefficient (Wildman–Crippen LogP) is 4.52. The van der Waals surface area contributed by atoms with E-state index in [1.807, 2.05) is 23.6 Å². The summed E-state index contributed by atoms with van der Waals surface area (Å²) in [6.07, 6.45) is 5.07. The lowest BCUT2D eigenvalue weighted by Crippen LogP contribution is -2.18. The van der Waals surface area contributed by atoms with Gasteiger partial charge in [-0.25, -0.2) is 12.8 Å². The number of anilines is 1. The fourth-order valence-electron chi connectivity index (χ4n) is 3.98. The van der Waals surface area contributed by atoms with Crippen molar-refractivity contribution in [3.8, 4) is 5.69 Å². The minimum Gasteiger partial charge on any atom is -0.316 e. The van der Waals surface area contributed by atoms with E-state index in [0.717, 1.165) is 41.8 Å². The van der Waals surface area contributed by atoms with Gasteiger partial charge in [0.05, 0.1) is 11.3 Å². The number of aromatic nitrogens is 1. The molecule has 154 valence electrons. The molecule has 0 unspecified atom stereocenters. The van der Waals surface area contributed by atoms with Crippen molar-refractivity contribution in [1.29, 1.82) is 0 Å². The highest BCUT2D eigenvalue weighted by atomic mass is 32.2. The standard InChI is InChI=1S/C22H26FN3O2S/c1-2-13-29(27,28)24-19-7-10-22-21(14-19)17(15-25-11-3-4-12-25)16-26(22)20-8-5-18(23)6-9-20/h5-10,14,16,24H,2-4,11-13,15H2,1H3. The van der Waals surface area contributed by atoms with Crippen molar-refractivity contribution in [1.82, 2.24) is 9.47 Å². The van der Waals surface area contributed by atoms with Gasteiger partial charge in [-0.1, -0.05) is 6.92 Å². The zero-order chi connectivity index (χ0) is 20.4. The molecule has 4 rings (SSSR count). The van der Waals surface area contributed by atoms with Gasteiger partial charge in [-0.2, -0.15) is 0 Å². The van der Waals surface area contributed by atoms with Crippen LogP contribution in [0.25, 0.3) is 16.6 Å². The fourth-order valence-corrected chi connectivity index (χ4v) is 5.11. The number of likely N-dealkylation sites (tertiary alicyclic amines) is 1. The van der Waals surface area contributed by atoms with Gasteiger partial charge < -0.3 is 4.57 Å². The van der Waals surface area contributed by atoms with Gasteiger partial charge in [0.2, 0.25) is 10.0 Å². The molecule has 1 aromatic heterocycles. The number of nitrogens with zero attached hydrogens (tertiary/aromatic N) is 2. The van der Waals surface area contributed by atoms with Gasteiger partial charge in [-0.05, 0) is 80.4 Å². The third kappa shape index (κ3) is 4.46. The van der Waals surface area contributed by atoms with Gasteiger partial charge >= 0.3 is 0 Å². The molecule has 1 aliphatic rings. The molecule has 1 saturated heterocycles. The quantitative estimate of drug-likeness (QED) is 0.617. The first-order valence-corrected chi connectivity index (χ1v) is 11.7. The van der Waals surface area contributed by atoms with Crippen molar-refractivity contribution < 1.29 is 12.8 Å². The molecule has 5 nitrogen and oxygen atoms in total. The summed E-state index contributed by atoms with van der Waals surface area (Å²) in [5.41, 5.74) is 3.57. The third-order valence-corrected chi connectivity index (χ3v) is 6.82. The summed E-state index contributed by atoms with van der Waals surface area (Å²) in [6.45, 7) is 4.81. The second-order valence-electron chi connectivity index (χ2n) is 7.64. The van der Waals surface area contributed by atoms with Gasteiger partial charge in [0.25, 0.3) is 0 Å². The summed E-state index contributed by atoms with van der Waals surface area (Å²) in [4.78, 5) is 2.41. The van der Waals surface area contributed by atoms with Crippen LogP contribution in [-0.4, -0.2) is 36.7 Å². The van der Waals surface area contributed by atoms with Crippen LogP contribution < -0.4 is 4.72 Å². The number of rotatable bonds is 7. The van der Waals surface area contributed by atoms with E-state index in [-0.39, 0.29) is 11.6 Å². The maximum absolute atomic E-state index is 13.4. The van der Waals surface area contributed by atoms with E-state index in [1.165, 1.54) is 25.0 Å². The second-order valence-corrected chi connectivity index (χ2v) is 9.48. The first-order valence-electron chi connectivity index (χ1n) is 10.1. The van der Waals surface area contributed by atoms with E-state index in [1.54, 1.807) is 18.2 Å². The molecular formula is C22H26FN3O2S. The highest BCUT2D eigenvalue weighted by Crippen LogP contribution is 2.30. The zero-order valence-electron chi connectivity index (χ0n) is 16.6. The SMILES string of the molecule is CCCS(=O)(=O)Nc1ccc2c(c1)c(CN1CCCC1)cn2-c1ccc(F)cc1. The molecule has 1 N–H and O–H groups in total. The van der Waals surface area contributed by atoms with Crippen molar-refractivity contribution >= 4 is 26.6 Å². The van der Waals surface area contributed by atoms with E-state index < -0.39 is 10.0 Å². The Hall–Kier alpha value is -2.38. The Morgan fingerprint density at radius 3 is 2.48 bits per heavy atom. The molecule has 0 radical (unpaired) electrons. The topological polar surface area (TPSA) is 54.3 Å². The van der Waals surface area contributed by atoms with E-state index >= 15 is 0 Å². The molecule has 0 spiro atoms. The van der Waals surface area contributed by atoms with Crippen molar-refractivity contribution in [3.63, 3.8) is 0 Å². The highest BCUT2D eigenvalue weighted by Gasteiger charge is 2.17. The van der Waals surface area contributed by atoms with Gasteiger partial charge in [-0.3, -0.25) is 9.62 Å². The van der Waals surface area contributed by atoms with E-state index in [0.29, 0.717) is 12.1 Å². The molecule has 7 heteroatoms. The Morgan fingerprint density at radius 1 is 1.07 bits per heavy atom. The van der Waals surface area contributed by atoms with Crippen LogP contribution in [0.3, 0.4) is 0 Å². The summed E-state index contributed by atoms with van der Waals surface area (Å²) in [5, 5.41) is 1.01. The lowest BCUT2D eigenvalue weighted by molar-refractivity contribution is 0.332. The summed E-state index contributed by atoms with van der Waals surface area (Å²) >= 11 is 0. The second kappa shape index (κ2) is 8.16. The average molecular weight is 416 g/mol. The Bertz CT molecular complexity index is 1100. The maximum Gasteiger partial charge on any atom is 0.232 e. The van der Waals surface area contributed by atoms with Crippen LogP contribution in [0.4, 0.5) is 10.1 Å². The van der Waals surface area contributed by atoms with Crippen LogP contribution >= 0.6 is 0 Å². The number of nitrogens with one attached hydrogen (secondary N) is 1. The first kappa shape index (κ1) is 19.9. The van der Waals surface area contributed by atoms with Gasteiger partial charge in [0, 0.05) is 29.5 Å². The largest absolute Gasteiger partial charge is 0.316 e. The van der Waals surface area contributed by atoms with Crippen LogP contribution in [0.2, 0.25) is 0 Å². The molecule has 2 heterocycles. The van der Waals surface area contributed by atoms with Crippen LogP contribution in [-0.2, 0) is 16.6 Å². The van der Waals surface area contributed by atoms with E-state index in [9.17, 15) is 12.8 Å². The summed E-state index contributed by atoms with van der Waals surface area (Å²) in [7, 11) is -3.35. The van der Waals surface area contributed by atoms with Gasteiger partial charge in [0.1, 0.15) is 5.82 Å². The predicted molar refractivity (Wildman–Crippen MR) is 115 cm³/mol. The zero-order valence-corrected chi connectivity index (χ0v) is 17.4.